The Kier molecular flexibility index (Phi) is 8.62. The first-order valence-corrected chi connectivity index (χ1v) is 6.44. The highest BCUT2D eigenvalue weighted by Gasteiger charge is 2.25. The zero-order valence-corrected chi connectivity index (χ0v) is 13.5. The summed E-state index contributed by atoms with van der Waals surface area (Å²) in [5.41, 5.74) is 0.993. The van der Waals surface area contributed by atoms with E-state index in [1.54, 1.807) is 0 Å². The number of rotatable bonds is 3. The van der Waals surface area contributed by atoms with E-state index < -0.39 is 0 Å². The lowest BCUT2D eigenvalue weighted by Gasteiger charge is -2.38. The molecular weight excluding hydrogens is 297 g/mol. The molecule has 0 saturated carbocycles. The second-order valence-electron chi connectivity index (χ2n) is 4.92. The highest BCUT2D eigenvalue weighted by atomic mass is 35.5. The minimum atomic E-state index is 0. The first-order chi connectivity index (χ1) is 8.66. The Balaban J connectivity index is 0.00000180. The van der Waals surface area contributed by atoms with Gasteiger partial charge in [-0.1, -0.05) is 18.2 Å². The lowest BCUT2D eigenvalue weighted by atomic mass is 10.2. The molecule has 0 aromatic heterocycles. The molecule has 1 aliphatic heterocycles. The van der Waals surface area contributed by atoms with Crippen molar-refractivity contribution in [3.63, 3.8) is 0 Å². The number of nitrogens with one attached hydrogen (secondary N) is 1. The molecule has 1 unspecified atom stereocenters. The lowest BCUT2D eigenvalue weighted by molar-refractivity contribution is -0.133. The van der Waals surface area contributed by atoms with Crippen LogP contribution in [0.1, 0.15) is 6.92 Å². The van der Waals surface area contributed by atoms with Crippen LogP contribution in [-0.2, 0) is 4.79 Å². The second-order valence-corrected chi connectivity index (χ2v) is 4.92. The summed E-state index contributed by atoms with van der Waals surface area (Å²) in [6.07, 6.45) is 0. The van der Waals surface area contributed by atoms with Gasteiger partial charge in [0, 0.05) is 31.4 Å². The molecule has 4 nitrogen and oxygen atoms in total. The van der Waals surface area contributed by atoms with Crippen LogP contribution in [0.3, 0.4) is 0 Å². The second kappa shape index (κ2) is 9.06. The molecule has 1 heterocycles. The molecule has 0 radical (unpaired) electrons. The van der Waals surface area contributed by atoms with Crippen molar-refractivity contribution >= 4 is 36.4 Å². The summed E-state index contributed by atoms with van der Waals surface area (Å²) in [5.74, 6) is 0.180. The predicted octanol–water partition coefficient (Wildman–Crippen LogP) is 2.10. The molecule has 1 fully saturated rings. The summed E-state index contributed by atoms with van der Waals surface area (Å²) < 4.78 is 0. The van der Waals surface area contributed by atoms with Gasteiger partial charge in [-0.05, 0) is 26.1 Å². The third-order valence-electron chi connectivity index (χ3n) is 3.37. The van der Waals surface area contributed by atoms with Gasteiger partial charge in [-0.2, -0.15) is 0 Å². The van der Waals surface area contributed by atoms with Gasteiger partial charge in [-0.3, -0.25) is 4.79 Å². The molecule has 114 valence electrons. The Morgan fingerprint density at radius 1 is 1.25 bits per heavy atom. The van der Waals surface area contributed by atoms with Gasteiger partial charge in [0.2, 0.25) is 5.91 Å². The number of anilines is 1. The minimum absolute atomic E-state index is 0. The highest BCUT2D eigenvalue weighted by molar-refractivity contribution is 5.85. The molecule has 1 aliphatic rings. The van der Waals surface area contributed by atoms with E-state index >= 15 is 0 Å². The summed E-state index contributed by atoms with van der Waals surface area (Å²) in [6.45, 7) is 5.22. The standard InChI is InChI=1S/C14H21N3O.2ClH/c1-12-11-16(2)8-9-17(12)14(18)10-15-13-6-4-3-5-7-13;;/h3-7,12,15H,8-11H2,1-2H3;2*1H. The van der Waals surface area contributed by atoms with Crippen LogP contribution in [-0.4, -0.2) is 55.0 Å². The van der Waals surface area contributed by atoms with Crippen molar-refractivity contribution in [1.82, 2.24) is 9.80 Å². The summed E-state index contributed by atoms with van der Waals surface area (Å²) in [6, 6.07) is 10.1. The molecule has 2 rings (SSSR count). The SMILES string of the molecule is CC1CN(C)CCN1C(=O)CNc1ccccc1.Cl.Cl. The smallest absolute Gasteiger partial charge is 0.242 e. The molecule has 6 heteroatoms. The number of piperazine rings is 1. The third kappa shape index (κ3) is 5.19. The molecule has 1 saturated heterocycles. The maximum absolute atomic E-state index is 12.1. The van der Waals surface area contributed by atoms with E-state index in [2.05, 4.69) is 24.2 Å². The Morgan fingerprint density at radius 3 is 2.50 bits per heavy atom. The minimum Gasteiger partial charge on any atom is -0.376 e. The molecule has 0 aliphatic carbocycles. The molecule has 1 N–H and O–H groups in total. The fraction of sp³-hybridized carbons (Fsp3) is 0.500. The Labute approximate surface area is 133 Å². The van der Waals surface area contributed by atoms with Crippen LogP contribution in [0, 0.1) is 0 Å². The Morgan fingerprint density at radius 2 is 1.90 bits per heavy atom. The summed E-state index contributed by atoms with van der Waals surface area (Å²) in [7, 11) is 2.10. The van der Waals surface area contributed by atoms with E-state index in [4.69, 9.17) is 0 Å². The quantitative estimate of drug-likeness (QED) is 0.926. The van der Waals surface area contributed by atoms with Crippen molar-refractivity contribution < 1.29 is 4.79 Å². The van der Waals surface area contributed by atoms with Gasteiger partial charge in [-0.25, -0.2) is 0 Å². The number of para-hydroxylation sites is 1. The van der Waals surface area contributed by atoms with E-state index in [0.29, 0.717) is 12.6 Å². The number of halogens is 2. The predicted molar refractivity (Wildman–Crippen MR) is 88.1 cm³/mol. The maximum Gasteiger partial charge on any atom is 0.242 e. The normalized spacial score (nSPS) is 18.7. The molecule has 0 spiro atoms. The molecular formula is C14H23Cl2N3O. The highest BCUT2D eigenvalue weighted by Crippen LogP contribution is 2.09. The van der Waals surface area contributed by atoms with Crippen molar-refractivity contribution in [3.8, 4) is 0 Å². The topological polar surface area (TPSA) is 35.6 Å². The van der Waals surface area contributed by atoms with Crippen LogP contribution < -0.4 is 5.32 Å². The third-order valence-corrected chi connectivity index (χ3v) is 3.37. The van der Waals surface area contributed by atoms with Gasteiger partial charge < -0.3 is 15.1 Å². The van der Waals surface area contributed by atoms with Crippen LogP contribution in [0.5, 0.6) is 0 Å². The zero-order chi connectivity index (χ0) is 13.0. The van der Waals surface area contributed by atoms with Crippen LogP contribution in [0.2, 0.25) is 0 Å². The molecule has 1 atom stereocenters. The molecule has 1 amide bonds. The van der Waals surface area contributed by atoms with E-state index in [1.165, 1.54) is 0 Å². The van der Waals surface area contributed by atoms with Crippen molar-refractivity contribution in [2.45, 2.75) is 13.0 Å². The lowest BCUT2D eigenvalue weighted by Crippen LogP contribution is -2.54. The van der Waals surface area contributed by atoms with E-state index in [-0.39, 0.29) is 30.7 Å². The largest absolute Gasteiger partial charge is 0.376 e. The van der Waals surface area contributed by atoms with Crippen molar-refractivity contribution in [2.24, 2.45) is 0 Å². The van der Waals surface area contributed by atoms with Crippen LogP contribution in [0.15, 0.2) is 30.3 Å². The van der Waals surface area contributed by atoms with Gasteiger partial charge in [-0.15, -0.1) is 24.8 Å². The summed E-state index contributed by atoms with van der Waals surface area (Å²) in [4.78, 5) is 16.4. The number of hydrogen-bond acceptors (Lipinski definition) is 3. The number of likely N-dealkylation sites (N-methyl/N-ethyl adjacent to an activating group) is 1. The summed E-state index contributed by atoms with van der Waals surface area (Å²) in [5, 5.41) is 3.17. The number of hydrogen-bond donors (Lipinski definition) is 1. The van der Waals surface area contributed by atoms with E-state index in [9.17, 15) is 4.79 Å². The average Bonchev–Trinajstić information content (AvgIpc) is 2.37. The number of carbonyl (C=O) groups is 1. The maximum atomic E-state index is 12.1. The number of amides is 1. The van der Waals surface area contributed by atoms with Crippen LogP contribution in [0.25, 0.3) is 0 Å². The molecule has 0 bridgehead atoms. The van der Waals surface area contributed by atoms with E-state index in [0.717, 1.165) is 25.3 Å². The van der Waals surface area contributed by atoms with Gasteiger partial charge in [0.1, 0.15) is 0 Å². The number of benzene rings is 1. The monoisotopic (exact) mass is 319 g/mol. The fourth-order valence-corrected chi connectivity index (χ4v) is 2.35. The first kappa shape index (κ1) is 19.0. The first-order valence-electron chi connectivity index (χ1n) is 6.44. The van der Waals surface area contributed by atoms with Gasteiger partial charge in [0.25, 0.3) is 0 Å². The Hall–Kier alpha value is -0.970. The van der Waals surface area contributed by atoms with Crippen LogP contribution >= 0.6 is 24.8 Å². The van der Waals surface area contributed by atoms with Gasteiger partial charge in [0.15, 0.2) is 0 Å². The molecule has 20 heavy (non-hydrogen) atoms. The van der Waals surface area contributed by atoms with Crippen molar-refractivity contribution in [2.75, 3.05) is 38.5 Å². The number of nitrogens with zero attached hydrogens (tertiary/aromatic N) is 2. The van der Waals surface area contributed by atoms with Gasteiger partial charge >= 0.3 is 0 Å². The molecule has 1 aromatic carbocycles. The number of carbonyl (C=O) groups excluding carboxylic acids is 1. The molecule has 1 aromatic rings. The van der Waals surface area contributed by atoms with Crippen molar-refractivity contribution in [1.29, 1.82) is 0 Å². The fourth-order valence-electron chi connectivity index (χ4n) is 2.35. The zero-order valence-electron chi connectivity index (χ0n) is 11.9. The van der Waals surface area contributed by atoms with E-state index in [1.807, 2.05) is 35.2 Å². The summed E-state index contributed by atoms with van der Waals surface area (Å²) >= 11 is 0. The van der Waals surface area contributed by atoms with Crippen LogP contribution in [0.4, 0.5) is 5.69 Å². The average molecular weight is 320 g/mol. The van der Waals surface area contributed by atoms with Crippen molar-refractivity contribution in [3.05, 3.63) is 30.3 Å². The Bertz CT molecular complexity index is 403. The van der Waals surface area contributed by atoms with Gasteiger partial charge in [0.05, 0.1) is 6.54 Å².